The quantitative estimate of drug-likeness (QED) is 0.790. The predicted octanol–water partition coefficient (Wildman–Crippen LogP) is 2.78. The maximum Gasteiger partial charge on any atom is 0.127 e. The molecule has 0 spiro atoms. The molecule has 1 aliphatic heterocycles. The molecule has 17 heavy (non-hydrogen) atoms. The molecule has 2 aliphatic rings. The van der Waals surface area contributed by atoms with Crippen LogP contribution in [0, 0.1) is 0 Å². The summed E-state index contributed by atoms with van der Waals surface area (Å²) in [7, 11) is 0. The fourth-order valence-electron chi connectivity index (χ4n) is 1.90. The maximum atomic E-state index is 5.76. The van der Waals surface area contributed by atoms with Crippen molar-refractivity contribution in [3.8, 4) is 5.75 Å². The summed E-state index contributed by atoms with van der Waals surface area (Å²) in [4.78, 5) is 0. The zero-order valence-electron chi connectivity index (χ0n) is 9.35. The first-order chi connectivity index (χ1) is 8.31. The van der Waals surface area contributed by atoms with Crippen molar-refractivity contribution in [3.05, 3.63) is 59.6 Å². The van der Waals surface area contributed by atoms with Gasteiger partial charge in [0.05, 0.1) is 6.26 Å². The van der Waals surface area contributed by atoms with Gasteiger partial charge in [0, 0.05) is 5.69 Å². The van der Waals surface area contributed by atoms with Crippen molar-refractivity contribution < 1.29 is 9.47 Å². The van der Waals surface area contributed by atoms with Crippen molar-refractivity contribution in [2.45, 2.75) is 6.42 Å². The Labute approximate surface area is 99.8 Å². The lowest BCUT2D eigenvalue weighted by Crippen LogP contribution is -2.01. The molecule has 2 N–H and O–H groups in total. The van der Waals surface area contributed by atoms with E-state index < -0.39 is 0 Å². The monoisotopic (exact) mass is 227 g/mol. The second-order valence-corrected chi connectivity index (χ2v) is 4.11. The lowest BCUT2D eigenvalue weighted by Gasteiger charge is -2.12. The minimum atomic E-state index is 0.651. The van der Waals surface area contributed by atoms with E-state index in [1.807, 2.05) is 36.6 Å². The number of fused-ring (bicyclic) bond motifs is 1. The van der Waals surface area contributed by atoms with Gasteiger partial charge in [0.15, 0.2) is 0 Å². The van der Waals surface area contributed by atoms with Crippen LogP contribution >= 0.6 is 0 Å². The molecular weight excluding hydrogens is 214 g/mol. The molecule has 3 nitrogen and oxygen atoms in total. The largest absolute Gasteiger partial charge is 0.496 e. The number of anilines is 1. The van der Waals surface area contributed by atoms with Gasteiger partial charge in [0.1, 0.15) is 18.1 Å². The van der Waals surface area contributed by atoms with Gasteiger partial charge in [-0.2, -0.15) is 0 Å². The number of allylic oxidation sites excluding steroid dienone is 2. The normalized spacial score (nSPS) is 17.5. The van der Waals surface area contributed by atoms with Gasteiger partial charge in [-0.3, -0.25) is 0 Å². The first-order valence-corrected chi connectivity index (χ1v) is 5.56. The van der Waals surface area contributed by atoms with Gasteiger partial charge in [-0.05, 0) is 54.0 Å². The van der Waals surface area contributed by atoms with Crippen LogP contribution in [0.25, 0.3) is 0 Å². The van der Waals surface area contributed by atoms with Crippen LogP contribution in [0.4, 0.5) is 5.69 Å². The molecule has 0 amide bonds. The first kappa shape index (κ1) is 10.0. The summed E-state index contributed by atoms with van der Waals surface area (Å²) in [5.41, 5.74) is 8.81. The lowest BCUT2D eigenvalue weighted by molar-refractivity contribution is 0.301. The van der Waals surface area contributed by atoms with Crippen molar-refractivity contribution in [1.29, 1.82) is 0 Å². The molecule has 0 saturated carbocycles. The van der Waals surface area contributed by atoms with Gasteiger partial charge < -0.3 is 15.2 Å². The van der Waals surface area contributed by atoms with Crippen LogP contribution in [0.1, 0.15) is 6.42 Å². The minimum Gasteiger partial charge on any atom is -0.496 e. The summed E-state index contributed by atoms with van der Waals surface area (Å²) in [6.07, 6.45) is 6.78. The summed E-state index contributed by atoms with van der Waals surface area (Å²) in [5.74, 6) is 1.67. The smallest absolute Gasteiger partial charge is 0.127 e. The molecule has 0 saturated heterocycles. The van der Waals surface area contributed by atoms with E-state index in [0.717, 1.165) is 23.6 Å². The van der Waals surface area contributed by atoms with Crippen molar-refractivity contribution >= 4 is 5.69 Å². The number of nitrogens with two attached hydrogens (primary N) is 1. The number of benzene rings is 1. The average molecular weight is 227 g/mol. The van der Waals surface area contributed by atoms with Crippen molar-refractivity contribution in [1.82, 2.24) is 0 Å². The van der Waals surface area contributed by atoms with Gasteiger partial charge in [0.2, 0.25) is 0 Å². The van der Waals surface area contributed by atoms with E-state index in [0.29, 0.717) is 6.61 Å². The summed E-state index contributed by atoms with van der Waals surface area (Å²) in [6, 6.07) is 7.39. The van der Waals surface area contributed by atoms with Gasteiger partial charge in [-0.25, -0.2) is 0 Å². The molecule has 0 fully saturated rings. The molecule has 3 rings (SSSR count). The Morgan fingerprint density at radius 2 is 1.94 bits per heavy atom. The summed E-state index contributed by atoms with van der Waals surface area (Å²) in [6.45, 7) is 0.651. The first-order valence-electron chi connectivity index (χ1n) is 5.56. The molecule has 1 aromatic carbocycles. The highest BCUT2D eigenvalue weighted by Gasteiger charge is 2.17. The van der Waals surface area contributed by atoms with E-state index in [2.05, 4.69) is 6.08 Å². The van der Waals surface area contributed by atoms with Gasteiger partial charge >= 0.3 is 0 Å². The third kappa shape index (κ3) is 2.04. The molecular formula is C14H13NO2. The van der Waals surface area contributed by atoms with Crippen molar-refractivity contribution in [2.75, 3.05) is 12.3 Å². The van der Waals surface area contributed by atoms with Gasteiger partial charge in [0.25, 0.3) is 0 Å². The zero-order valence-corrected chi connectivity index (χ0v) is 9.35. The molecule has 1 aliphatic carbocycles. The van der Waals surface area contributed by atoms with Crippen molar-refractivity contribution in [2.24, 2.45) is 0 Å². The molecule has 0 radical (unpaired) electrons. The Kier molecular flexibility index (Phi) is 2.37. The highest BCUT2D eigenvalue weighted by Crippen LogP contribution is 2.29. The molecule has 86 valence electrons. The topological polar surface area (TPSA) is 44.5 Å². The molecule has 1 heterocycles. The third-order valence-electron chi connectivity index (χ3n) is 2.83. The maximum absolute atomic E-state index is 5.76. The highest BCUT2D eigenvalue weighted by atomic mass is 16.5. The fraction of sp³-hybridized carbons (Fsp3) is 0.143. The van der Waals surface area contributed by atoms with E-state index in [1.54, 1.807) is 0 Å². The van der Waals surface area contributed by atoms with Crippen LogP contribution in [0.5, 0.6) is 5.75 Å². The van der Waals surface area contributed by atoms with Gasteiger partial charge in [-0.1, -0.05) is 0 Å². The summed E-state index contributed by atoms with van der Waals surface area (Å²) >= 11 is 0. The second-order valence-electron chi connectivity index (χ2n) is 4.11. The second kappa shape index (κ2) is 4.01. The highest BCUT2D eigenvalue weighted by molar-refractivity contribution is 5.46. The van der Waals surface area contributed by atoms with Crippen LogP contribution in [0.15, 0.2) is 59.6 Å². The Hall–Kier alpha value is -2.16. The number of hydrogen-bond acceptors (Lipinski definition) is 3. The lowest BCUT2D eigenvalue weighted by atomic mass is 10.0. The molecule has 0 aromatic heterocycles. The third-order valence-corrected chi connectivity index (χ3v) is 2.83. The Balaban J connectivity index is 1.77. The number of nitrogen functional groups attached to an aromatic ring is 1. The SMILES string of the molecule is Nc1ccc(OC2=CCC3=COCC3=C2)cc1. The number of hydrogen-bond donors (Lipinski definition) is 1. The fourth-order valence-corrected chi connectivity index (χ4v) is 1.90. The molecule has 3 heteroatoms. The Morgan fingerprint density at radius 3 is 2.76 bits per heavy atom. The van der Waals surface area contributed by atoms with Crippen LogP contribution < -0.4 is 10.5 Å². The number of rotatable bonds is 2. The molecule has 0 bridgehead atoms. The Bertz CT molecular complexity index is 524. The Morgan fingerprint density at radius 1 is 1.12 bits per heavy atom. The summed E-state index contributed by atoms with van der Waals surface area (Å²) in [5, 5.41) is 0. The van der Waals surface area contributed by atoms with E-state index >= 15 is 0 Å². The van der Waals surface area contributed by atoms with Crippen LogP contribution in [0.3, 0.4) is 0 Å². The average Bonchev–Trinajstić information content (AvgIpc) is 2.79. The van der Waals surface area contributed by atoms with Gasteiger partial charge in [-0.15, -0.1) is 0 Å². The van der Waals surface area contributed by atoms with Crippen molar-refractivity contribution in [3.63, 3.8) is 0 Å². The predicted molar refractivity (Wildman–Crippen MR) is 66.3 cm³/mol. The zero-order chi connectivity index (χ0) is 11.7. The van der Waals surface area contributed by atoms with Crippen LogP contribution in [-0.2, 0) is 4.74 Å². The number of ether oxygens (including phenoxy) is 2. The standard InChI is InChI=1S/C14H13NO2/c15-12-2-5-13(6-3-12)17-14-4-1-10-8-16-9-11(10)7-14/h2-8H,1,9,15H2. The molecule has 1 aromatic rings. The van der Waals surface area contributed by atoms with E-state index in [4.69, 9.17) is 15.2 Å². The molecule has 0 unspecified atom stereocenters. The van der Waals surface area contributed by atoms with E-state index in [9.17, 15) is 0 Å². The van der Waals surface area contributed by atoms with Crippen LogP contribution in [0.2, 0.25) is 0 Å². The summed E-state index contributed by atoms with van der Waals surface area (Å²) < 4.78 is 11.0. The minimum absolute atomic E-state index is 0.651. The van der Waals surface area contributed by atoms with E-state index in [1.165, 1.54) is 11.1 Å². The van der Waals surface area contributed by atoms with E-state index in [-0.39, 0.29) is 0 Å². The van der Waals surface area contributed by atoms with Crippen LogP contribution in [-0.4, -0.2) is 6.61 Å². The molecule has 0 atom stereocenters.